The van der Waals surface area contributed by atoms with Crippen molar-refractivity contribution in [3.8, 4) is 17.2 Å². The summed E-state index contributed by atoms with van der Waals surface area (Å²) in [5.74, 6) is -1.90. The van der Waals surface area contributed by atoms with Gasteiger partial charge in [-0.05, 0) is 73.4 Å². The predicted octanol–water partition coefficient (Wildman–Crippen LogP) is 6.54. The fraction of sp³-hybridized carbons (Fsp3) is 0.250. The molecule has 222 valence electrons. The van der Waals surface area contributed by atoms with Gasteiger partial charge in [0.1, 0.15) is 23.9 Å². The molecule has 11 heteroatoms. The minimum absolute atomic E-state index is 0.316. The molecule has 1 fully saturated rings. The van der Waals surface area contributed by atoms with Crippen LogP contribution in [0.1, 0.15) is 29.7 Å². The number of imidazole rings is 1. The molecule has 0 saturated carbocycles. The van der Waals surface area contributed by atoms with E-state index in [-0.39, 0.29) is 5.82 Å². The van der Waals surface area contributed by atoms with Crippen molar-refractivity contribution in [3.63, 3.8) is 0 Å². The van der Waals surface area contributed by atoms with E-state index in [9.17, 15) is 17.6 Å². The maximum Gasteiger partial charge on any atom is 0.217 e. The summed E-state index contributed by atoms with van der Waals surface area (Å²) < 4.78 is 62.9. The summed E-state index contributed by atoms with van der Waals surface area (Å²) >= 11 is 0. The number of oxime groups is 1. The molecule has 1 spiro atoms. The molecule has 1 atom stereocenters. The smallest absolute Gasteiger partial charge is 0.217 e. The van der Waals surface area contributed by atoms with Crippen LogP contribution in [0, 0.1) is 30.2 Å². The maximum atomic E-state index is 13.6. The molecule has 43 heavy (non-hydrogen) atoms. The first-order chi connectivity index (χ1) is 20.8. The topological polar surface area (TPSA) is 61.1 Å². The van der Waals surface area contributed by atoms with E-state index in [4.69, 9.17) is 14.3 Å². The summed E-state index contributed by atoms with van der Waals surface area (Å²) in [6.07, 6.45) is 7.83. The number of piperidine rings is 1. The normalized spacial score (nSPS) is 19.5. The molecule has 0 bridgehead atoms. The third-order valence-electron chi connectivity index (χ3n) is 7.55. The molecule has 3 aromatic carbocycles. The maximum absolute atomic E-state index is 13.6. The minimum Gasteiger partial charge on any atom is -0.495 e. The zero-order valence-corrected chi connectivity index (χ0v) is 23.5. The molecule has 0 aliphatic carbocycles. The highest BCUT2D eigenvalue weighted by atomic mass is 19.2. The fourth-order valence-electron chi connectivity index (χ4n) is 5.46. The van der Waals surface area contributed by atoms with E-state index in [1.54, 1.807) is 19.5 Å². The Balaban J connectivity index is 0.000000315. The van der Waals surface area contributed by atoms with Gasteiger partial charge in [0.25, 0.3) is 0 Å². The van der Waals surface area contributed by atoms with Crippen LogP contribution >= 0.6 is 0 Å². The first-order valence-electron chi connectivity index (χ1n) is 13.7. The van der Waals surface area contributed by atoms with Gasteiger partial charge < -0.3 is 23.8 Å². The molecule has 0 N–H and O–H groups in total. The quantitative estimate of drug-likeness (QED) is 0.200. The molecule has 1 saturated heterocycles. The Labute approximate surface area is 245 Å². The lowest BCUT2D eigenvalue weighted by Crippen LogP contribution is -2.52. The number of aryl methyl sites for hydroxylation is 1. The second-order valence-corrected chi connectivity index (χ2v) is 10.5. The van der Waals surface area contributed by atoms with Crippen LogP contribution in [-0.4, -0.2) is 47.1 Å². The van der Waals surface area contributed by atoms with Gasteiger partial charge in [0, 0.05) is 24.4 Å². The molecule has 3 aliphatic rings. The Hall–Kier alpha value is -4.80. The highest BCUT2D eigenvalue weighted by Gasteiger charge is 2.49. The number of rotatable bonds is 3. The van der Waals surface area contributed by atoms with Crippen LogP contribution in [0.25, 0.3) is 11.8 Å². The summed E-state index contributed by atoms with van der Waals surface area (Å²) in [5, 5.41) is 4.55. The highest BCUT2D eigenvalue weighted by Crippen LogP contribution is 2.43. The number of methoxy groups -OCH3 is 1. The van der Waals surface area contributed by atoms with Crippen molar-refractivity contribution in [1.29, 1.82) is 0 Å². The first kappa shape index (κ1) is 28.3. The van der Waals surface area contributed by atoms with Crippen molar-refractivity contribution in [2.45, 2.75) is 25.4 Å². The Bertz CT molecular complexity index is 1720. The van der Waals surface area contributed by atoms with Gasteiger partial charge in [-0.15, -0.1) is 0 Å². The molecule has 0 radical (unpaired) electrons. The number of fused-ring (bicyclic) bond motifs is 3. The SMILES string of the molecule is COc1cc(/C=C2\CCCN3CC4(COc5cc(F)ccc54)ON=C23)ccc1-n1cnc(C)c1.Fc1cccc(F)c1F. The van der Waals surface area contributed by atoms with Crippen LogP contribution in [0.15, 0.2) is 77.9 Å². The van der Waals surface area contributed by atoms with Crippen LogP contribution in [0.2, 0.25) is 0 Å². The summed E-state index contributed by atoms with van der Waals surface area (Å²) in [5.41, 5.74) is 4.18. The van der Waals surface area contributed by atoms with Crippen molar-refractivity contribution in [3.05, 3.63) is 113 Å². The summed E-state index contributed by atoms with van der Waals surface area (Å²) in [6.45, 7) is 3.79. The average Bonchev–Trinajstić information content (AvgIpc) is 3.59. The Kier molecular flexibility index (Phi) is 7.55. The van der Waals surface area contributed by atoms with Crippen LogP contribution in [0.4, 0.5) is 17.6 Å². The second kappa shape index (κ2) is 11.5. The highest BCUT2D eigenvalue weighted by molar-refractivity contribution is 6.02. The molecular formula is C32H28F4N4O3. The van der Waals surface area contributed by atoms with E-state index in [1.165, 1.54) is 12.1 Å². The Morgan fingerprint density at radius 1 is 1.02 bits per heavy atom. The number of halogens is 4. The zero-order chi connectivity index (χ0) is 30.1. The van der Waals surface area contributed by atoms with Gasteiger partial charge in [-0.3, -0.25) is 0 Å². The van der Waals surface area contributed by atoms with E-state index in [1.807, 2.05) is 29.8 Å². The van der Waals surface area contributed by atoms with E-state index in [0.717, 1.165) is 77.3 Å². The largest absolute Gasteiger partial charge is 0.495 e. The van der Waals surface area contributed by atoms with Gasteiger partial charge in [0.05, 0.1) is 31.4 Å². The zero-order valence-electron chi connectivity index (χ0n) is 23.5. The van der Waals surface area contributed by atoms with Crippen molar-refractivity contribution in [2.24, 2.45) is 5.16 Å². The Morgan fingerprint density at radius 3 is 2.56 bits per heavy atom. The third-order valence-corrected chi connectivity index (χ3v) is 7.55. The van der Waals surface area contributed by atoms with E-state index < -0.39 is 23.1 Å². The predicted molar refractivity (Wildman–Crippen MR) is 152 cm³/mol. The van der Waals surface area contributed by atoms with Gasteiger partial charge in [0.2, 0.25) is 5.60 Å². The van der Waals surface area contributed by atoms with Crippen LogP contribution in [-0.2, 0) is 10.4 Å². The molecule has 3 aliphatic heterocycles. The van der Waals surface area contributed by atoms with Crippen molar-refractivity contribution < 1.29 is 31.9 Å². The Morgan fingerprint density at radius 2 is 1.84 bits per heavy atom. The molecule has 4 heterocycles. The lowest BCUT2D eigenvalue weighted by molar-refractivity contribution is -0.0876. The van der Waals surface area contributed by atoms with Gasteiger partial charge >= 0.3 is 0 Å². The third kappa shape index (κ3) is 5.54. The standard InChI is InChI=1S/C26H25FN4O3.C6H3F3/c1-17-13-31(16-28-17)22-8-5-18(11-24(22)32-2)10-19-4-3-9-30-14-26(34-29-25(19)30)15-33-23-12-20(27)6-7-21(23)26;7-4-2-1-3-5(8)6(4)9/h5-8,10-13,16H,3-4,9,14-15H2,1-2H3;1-3H/b19-10+;. The van der Waals surface area contributed by atoms with Crippen LogP contribution < -0.4 is 9.47 Å². The van der Waals surface area contributed by atoms with Crippen molar-refractivity contribution in [2.75, 3.05) is 26.8 Å². The van der Waals surface area contributed by atoms with Crippen LogP contribution in [0.5, 0.6) is 11.5 Å². The van der Waals surface area contributed by atoms with Gasteiger partial charge in [-0.2, -0.15) is 0 Å². The molecule has 1 aromatic heterocycles. The average molecular weight is 593 g/mol. The lowest BCUT2D eigenvalue weighted by Gasteiger charge is -2.41. The summed E-state index contributed by atoms with van der Waals surface area (Å²) in [6, 6.07) is 13.6. The fourth-order valence-corrected chi connectivity index (χ4v) is 5.46. The number of aromatic nitrogens is 2. The van der Waals surface area contributed by atoms with Crippen LogP contribution in [0.3, 0.4) is 0 Å². The monoisotopic (exact) mass is 592 g/mol. The summed E-state index contributed by atoms with van der Waals surface area (Å²) in [4.78, 5) is 12.6. The number of hydrogen-bond donors (Lipinski definition) is 0. The summed E-state index contributed by atoms with van der Waals surface area (Å²) in [7, 11) is 1.67. The molecule has 7 rings (SSSR count). The first-order valence-corrected chi connectivity index (χ1v) is 13.7. The van der Waals surface area contributed by atoms with E-state index in [2.05, 4.69) is 27.2 Å². The number of benzene rings is 3. The van der Waals surface area contributed by atoms with E-state index >= 15 is 0 Å². The lowest BCUT2D eigenvalue weighted by atomic mass is 9.92. The second-order valence-electron chi connectivity index (χ2n) is 10.5. The molecule has 1 unspecified atom stereocenters. The molecular weight excluding hydrogens is 564 g/mol. The number of ether oxygens (including phenoxy) is 2. The van der Waals surface area contributed by atoms with Gasteiger partial charge in [-0.1, -0.05) is 17.3 Å². The number of hydrogen-bond acceptors (Lipinski definition) is 6. The van der Waals surface area contributed by atoms with Crippen molar-refractivity contribution >= 4 is 11.9 Å². The number of nitrogens with zero attached hydrogens (tertiary/aromatic N) is 4. The van der Waals surface area contributed by atoms with Crippen molar-refractivity contribution in [1.82, 2.24) is 14.5 Å². The molecule has 7 nitrogen and oxygen atoms in total. The van der Waals surface area contributed by atoms with Gasteiger partial charge in [-0.25, -0.2) is 22.5 Å². The van der Waals surface area contributed by atoms with Gasteiger partial charge in [0.15, 0.2) is 23.3 Å². The molecule has 0 amide bonds. The minimum atomic E-state index is -1.42. The molecule has 4 aromatic rings. The number of amidine groups is 1. The van der Waals surface area contributed by atoms with E-state index in [0.29, 0.717) is 18.9 Å².